The average molecular weight is 223 g/mol. The van der Waals surface area contributed by atoms with Gasteiger partial charge >= 0.3 is 0 Å². The van der Waals surface area contributed by atoms with Crippen molar-refractivity contribution in [1.29, 1.82) is 0 Å². The second-order valence-corrected chi connectivity index (χ2v) is 6.40. The van der Waals surface area contributed by atoms with Crippen molar-refractivity contribution in [2.75, 3.05) is 0 Å². The normalized spacial score (nSPS) is 42.4. The molecule has 94 valence electrons. The molecule has 2 fully saturated rings. The average Bonchev–Trinajstić information content (AvgIpc) is 2.25. The zero-order chi connectivity index (χ0) is 11.4. The minimum atomic E-state index is 0.507. The Kier molecular flexibility index (Phi) is 4.69. The Labute approximate surface area is 101 Å². The lowest BCUT2D eigenvalue weighted by molar-refractivity contribution is 0.180. The van der Waals surface area contributed by atoms with Gasteiger partial charge < -0.3 is 5.73 Å². The van der Waals surface area contributed by atoms with Crippen LogP contribution in [0.1, 0.15) is 71.1 Å². The van der Waals surface area contributed by atoms with Gasteiger partial charge in [0.1, 0.15) is 0 Å². The van der Waals surface area contributed by atoms with E-state index in [4.69, 9.17) is 5.73 Å². The summed E-state index contributed by atoms with van der Waals surface area (Å²) in [5.74, 6) is 3.10. The van der Waals surface area contributed by atoms with Crippen molar-refractivity contribution in [2.24, 2.45) is 23.5 Å². The first kappa shape index (κ1) is 12.4. The molecule has 0 heterocycles. The molecule has 1 heteroatoms. The topological polar surface area (TPSA) is 26.0 Å². The molecular formula is C15H29N. The third-order valence-corrected chi connectivity index (χ3v) is 5.03. The van der Waals surface area contributed by atoms with E-state index in [1.165, 1.54) is 64.2 Å². The van der Waals surface area contributed by atoms with Gasteiger partial charge in [0.25, 0.3) is 0 Å². The molecule has 0 unspecified atom stereocenters. The van der Waals surface area contributed by atoms with Gasteiger partial charge in [-0.05, 0) is 43.4 Å². The van der Waals surface area contributed by atoms with Crippen molar-refractivity contribution in [1.82, 2.24) is 0 Å². The maximum Gasteiger partial charge on any atom is 0.00388 e. The molecule has 0 spiro atoms. The predicted octanol–water partition coefficient (Wildman–Crippen LogP) is 4.11. The predicted molar refractivity (Wildman–Crippen MR) is 70.3 cm³/mol. The van der Waals surface area contributed by atoms with E-state index in [0.717, 1.165) is 17.8 Å². The largest absolute Gasteiger partial charge is 0.328 e. The summed E-state index contributed by atoms with van der Waals surface area (Å²) in [6, 6.07) is 0.507. The lowest BCUT2D eigenvalue weighted by Crippen LogP contribution is -2.26. The fourth-order valence-electron chi connectivity index (χ4n) is 3.80. The zero-order valence-corrected chi connectivity index (χ0v) is 11.0. The number of hydrogen-bond acceptors (Lipinski definition) is 1. The molecule has 16 heavy (non-hydrogen) atoms. The Hall–Kier alpha value is -0.0400. The van der Waals surface area contributed by atoms with Crippen LogP contribution in [0.2, 0.25) is 0 Å². The summed E-state index contributed by atoms with van der Waals surface area (Å²) in [7, 11) is 0. The van der Waals surface area contributed by atoms with Gasteiger partial charge in [0, 0.05) is 6.04 Å². The van der Waals surface area contributed by atoms with Crippen LogP contribution < -0.4 is 5.73 Å². The van der Waals surface area contributed by atoms with Crippen LogP contribution >= 0.6 is 0 Å². The van der Waals surface area contributed by atoms with E-state index < -0.39 is 0 Å². The van der Waals surface area contributed by atoms with Gasteiger partial charge in [-0.3, -0.25) is 0 Å². The van der Waals surface area contributed by atoms with Crippen LogP contribution in [0.5, 0.6) is 0 Å². The number of rotatable bonds is 1. The molecule has 0 amide bonds. The van der Waals surface area contributed by atoms with Crippen LogP contribution in [-0.2, 0) is 0 Å². The molecule has 0 saturated heterocycles. The van der Waals surface area contributed by atoms with Gasteiger partial charge in [-0.15, -0.1) is 0 Å². The number of hydrogen-bond donors (Lipinski definition) is 1. The Morgan fingerprint density at radius 3 is 1.75 bits per heavy atom. The molecule has 0 aromatic carbocycles. The second-order valence-electron chi connectivity index (χ2n) is 6.40. The highest BCUT2D eigenvalue weighted by molar-refractivity contribution is 4.79. The van der Waals surface area contributed by atoms with Crippen molar-refractivity contribution < 1.29 is 0 Å². The molecule has 0 aromatic rings. The van der Waals surface area contributed by atoms with Crippen LogP contribution in [-0.4, -0.2) is 6.04 Å². The molecule has 2 aliphatic carbocycles. The van der Waals surface area contributed by atoms with E-state index in [1.54, 1.807) is 0 Å². The standard InChI is InChI=1S/C15H29N/c1-12-8-10-14(11-9-12)13-4-2-6-15(16)7-3-5-13/h12-15H,2-11,16H2,1H3. The van der Waals surface area contributed by atoms with Gasteiger partial charge in [0.2, 0.25) is 0 Å². The Bertz CT molecular complexity index is 184. The second kappa shape index (κ2) is 6.05. The van der Waals surface area contributed by atoms with Gasteiger partial charge in [-0.25, -0.2) is 0 Å². The first-order chi connectivity index (χ1) is 7.75. The lowest BCUT2D eigenvalue weighted by atomic mass is 9.72. The molecule has 0 radical (unpaired) electrons. The Morgan fingerprint density at radius 2 is 1.19 bits per heavy atom. The fourth-order valence-corrected chi connectivity index (χ4v) is 3.80. The maximum absolute atomic E-state index is 6.05. The summed E-state index contributed by atoms with van der Waals surface area (Å²) in [6.45, 7) is 2.42. The van der Waals surface area contributed by atoms with E-state index >= 15 is 0 Å². The summed E-state index contributed by atoms with van der Waals surface area (Å²) in [5.41, 5.74) is 6.05. The smallest absolute Gasteiger partial charge is 0.00388 e. The van der Waals surface area contributed by atoms with E-state index in [-0.39, 0.29) is 0 Å². The fraction of sp³-hybridized carbons (Fsp3) is 1.00. The lowest BCUT2D eigenvalue weighted by Gasteiger charge is -2.34. The number of nitrogens with two attached hydrogens (primary N) is 1. The Balaban J connectivity index is 1.79. The summed E-state index contributed by atoms with van der Waals surface area (Å²) in [5, 5.41) is 0. The molecule has 0 atom stereocenters. The van der Waals surface area contributed by atoms with E-state index in [0.29, 0.717) is 6.04 Å². The molecule has 0 aliphatic heterocycles. The van der Waals surface area contributed by atoms with Crippen molar-refractivity contribution in [3.63, 3.8) is 0 Å². The summed E-state index contributed by atoms with van der Waals surface area (Å²) >= 11 is 0. The van der Waals surface area contributed by atoms with Gasteiger partial charge in [0.15, 0.2) is 0 Å². The molecule has 0 bridgehead atoms. The first-order valence-electron chi connectivity index (χ1n) is 7.51. The molecule has 2 N–H and O–H groups in total. The molecule has 2 aliphatic rings. The van der Waals surface area contributed by atoms with Gasteiger partial charge in [0.05, 0.1) is 0 Å². The summed E-state index contributed by atoms with van der Waals surface area (Å²) in [6.07, 6.45) is 14.3. The van der Waals surface area contributed by atoms with Crippen molar-refractivity contribution >= 4 is 0 Å². The molecular weight excluding hydrogens is 194 g/mol. The van der Waals surface area contributed by atoms with E-state index in [9.17, 15) is 0 Å². The SMILES string of the molecule is CC1CCC(C2CCCC(N)CCC2)CC1. The summed E-state index contributed by atoms with van der Waals surface area (Å²) in [4.78, 5) is 0. The maximum atomic E-state index is 6.05. The van der Waals surface area contributed by atoms with Crippen molar-refractivity contribution in [3.05, 3.63) is 0 Å². The highest BCUT2D eigenvalue weighted by Crippen LogP contribution is 2.38. The highest BCUT2D eigenvalue weighted by atomic mass is 14.6. The summed E-state index contributed by atoms with van der Waals surface area (Å²) < 4.78 is 0. The van der Waals surface area contributed by atoms with Crippen molar-refractivity contribution in [3.8, 4) is 0 Å². The molecule has 2 rings (SSSR count). The van der Waals surface area contributed by atoms with E-state index in [1.807, 2.05) is 0 Å². The van der Waals surface area contributed by atoms with E-state index in [2.05, 4.69) is 6.92 Å². The minimum Gasteiger partial charge on any atom is -0.328 e. The van der Waals surface area contributed by atoms with Crippen LogP contribution in [0, 0.1) is 17.8 Å². The van der Waals surface area contributed by atoms with Crippen molar-refractivity contribution in [2.45, 2.75) is 77.2 Å². The van der Waals surface area contributed by atoms with Crippen LogP contribution in [0.4, 0.5) is 0 Å². The molecule has 0 aromatic heterocycles. The van der Waals surface area contributed by atoms with Gasteiger partial charge in [-0.1, -0.05) is 45.4 Å². The molecule has 1 nitrogen and oxygen atoms in total. The Morgan fingerprint density at radius 1 is 0.688 bits per heavy atom. The minimum absolute atomic E-state index is 0.507. The van der Waals surface area contributed by atoms with Crippen LogP contribution in [0.3, 0.4) is 0 Å². The highest BCUT2D eigenvalue weighted by Gasteiger charge is 2.26. The quantitative estimate of drug-likeness (QED) is 0.711. The monoisotopic (exact) mass is 223 g/mol. The zero-order valence-electron chi connectivity index (χ0n) is 11.0. The van der Waals surface area contributed by atoms with Gasteiger partial charge in [-0.2, -0.15) is 0 Å². The third-order valence-electron chi connectivity index (χ3n) is 5.03. The third kappa shape index (κ3) is 3.48. The van der Waals surface area contributed by atoms with Crippen LogP contribution in [0.15, 0.2) is 0 Å². The molecule has 2 saturated carbocycles. The first-order valence-corrected chi connectivity index (χ1v) is 7.51. The van der Waals surface area contributed by atoms with Crippen LogP contribution in [0.25, 0.3) is 0 Å².